The molecule has 0 spiro atoms. The fraction of sp³-hybridized carbons (Fsp3) is 0.755. The summed E-state index contributed by atoms with van der Waals surface area (Å²) in [7, 11) is 0. The summed E-state index contributed by atoms with van der Waals surface area (Å²) in [5, 5.41) is 1.07. The normalized spacial score (nSPS) is 16.5. The van der Waals surface area contributed by atoms with Crippen LogP contribution in [0, 0.1) is 0 Å². The Morgan fingerprint density at radius 1 is 0.358 bits per heavy atom. The van der Waals surface area contributed by atoms with Crippen molar-refractivity contribution in [3.8, 4) is 0 Å². The van der Waals surface area contributed by atoms with E-state index >= 15 is 0 Å². The van der Waals surface area contributed by atoms with Crippen LogP contribution in [0.1, 0.15) is 213 Å². The summed E-state index contributed by atoms with van der Waals surface area (Å²) in [4.78, 5) is 8.57. The molecule has 2 heterocycles. The van der Waals surface area contributed by atoms with Gasteiger partial charge in [-0.05, 0) is 37.1 Å². The van der Waals surface area contributed by atoms with Gasteiger partial charge in [-0.2, -0.15) is 0 Å². The van der Waals surface area contributed by atoms with Gasteiger partial charge in [0.1, 0.15) is 0 Å². The number of unbranched alkanes of at least 4 members (excludes halogenated alkanes) is 28. The number of hydrogen-bond donors (Lipinski definition) is 0. The first-order valence-electron chi connectivity index (χ1n) is 23.4. The minimum Gasteiger partial charge on any atom is -0.358 e. The van der Waals surface area contributed by atoms with Crippen molar-refractivity contribution in [1.29, 1.82) is 0 Å². The molecule has 0 saturated heterocycles. The van der Waals surface area contributed by atoms with Crippen LogP contribution in [0.3, 0.4) is 0 Å². The number of rotatable bonds is 34. The molecule has 2 atom stereocenters. The van der Waals surface area contributed by atoms with E-state index in [2.05, 4.69) is 95.7 Å². The number of para-hydroxylation sites is 2. The Hall–Kier alpha value is -1.26. The molecular weight excluding hydrogens is 681 g/mol. The fourth-order valence-electron chi connectivity index (χ4n) is 8.68. The molecule has 300 valence electrons. The lowest BCUT2D eigenvalue weighted by molar-refractivity contribution is 0.528. The van der Waals surface area contributed by atoms with E-state index in [4.69, 9.17) is 0 Å². The van der Waals surface area contributed by atoms with Crippen LogP contribution in [-0.4, -0.2) is 23.8 Å². The van der Waals surface area contributed by atoms with E-state index < -0.39 is 0 Å². The monoisotopic (exact) mass is 763 g/mol. The quantitative estimate of drug-likeness (QED) is 0.0655. The highest BCUT2D eigenvalue weighted by molar-refractivity contribution is 8.01. The first-order valence-corrected chi connectivity index (χ1v) is 25.1. The lowest BCUT2D eigenvalue weighted by Crippen LogP contribution is -2.38. The Balaban J connectivity index is 1.10. The molecule has 2 nitrogen and oxygen atoms in total. The van der Waals surface area contributed by atoms with E-state index in [0.717, 1.165) is 0 Å². The second-order valence-corrected chi connectivity index (χ2v) is 19.0. The predicted octanol–water partition coefficient (Wildman–Crippen LogP) is 17.0. The van der Waals surface area contributed by atoms with Gasteiger partial charge in [-0.3, -0.25) is 0 Å². The largest absolute Gasteiger partial charge is 0.358 e. The van der Waals surface area contributed by atoms with Crippen molar-refractivity contribution in [3.63, 3.8) is 0 Å². The van der Waals surface area contributed by atoms with Gasteiger partial charge >= 0.3 is 0 Å². The number of fused-ring (bicyclic) bond motifs is 2. The lowest BCUT2D eigenvalue weighted by Gasteiger charge is -2.32. The standard InChI is InChI=1S/C49H82N2S2/c1-3-5-7-9-11-13-15-17-19-21-23-25-27-29-35-41-50-44-37-31-33-39-46(44)52-48(50)43-49-51(45-38-32-34-40-47(45)53-49)42-36-30-28-26-24-22-20-18-16-14-12-10-8-6-4-2/h31-34,37-40,48-49H,3-30,35-36,41-43H2,1-2H3. The van der Waals surface area contributed by atoms with Gasteiger partial charge in [-0.1, -0.05) is 241 Å². The Labute approximate surface area is 338 Å². The number of hydrogen-bond acceptors (Lipinski definition) is 4. The third-order valence-corrected chi connectivity index (χ3v) is 14.6. The second kappa shape index (κ2) is 29.0. The average Bonchev–Trinajstić information content (AvgIpc) is 3.71. The molecule has 0 aromatic heterocycles. The van der Waals surface area contributed by atoms with Crippen molar-refractivity contribution in [2.24, 2.45) is 0 Å². The molecule has 0 fully saturated rings. The molecule has 4 heteroatoms. The zero-order valence-corrected chi connectivity index (χ0v) is 36.5. The number of anilines is 2. The summed E-state index contributed by atoms with van der Waals surface area (Å²) in [5.41, 5.74) is 2.98. The number of nitrogens with zero attached hydrogens (tertiary/aromatic N) is 2. The molecule has 4 rings (SSSR count). The highest BCUT2D eigenvalue weighted by Crippen LogP contribution is 2.50. The minimum absolute atomic E-state index is 0.536. The van der Waals surface area contributed by atoms with Crippen LogP contribution in [0.5, 0.6) is 0 Å². The Bertz CT molecular complexity index is 1080. The van der Waals surface area contributed by atoms with E-state index in [0.29, 0.717) is 10.7 Å². The van der Waals surface area contributed by atoms with Crippen LogP contribution in [0.2, 0.25) is 0 Å². The van der Waals surface area contributed by atoms with Crippen molar-refractivity contribution in [1.82, 2.24) is 0 Å². The van der Waals surface area contributed by atoms with Crippen LogP contribution in [0.25, 0.3) is 0 Å². The van der Waals surface area contributed by atoms with E-state index in [1.54, 1.807) is 0 Å². The van der Waals surface area contributed by atoms with Gasteiger partial charge in [0.25, 0.3) is 0 Å². The second-order valence-electron chi connectivity index (χ2n) is 16.6. The van der Waals surface area contributed by atoms with Gasteiger partial charge in [0, 0.05) is 29.3 Å². The molecule has 2 aliphatic rings. The third kappa shape index (κ3) is 17.6. The molecule has 0 amide bonds. The fourth-order valence-corrected chi connectivity index (χ4v) is 11.6. The van der Waals surface area contributed by atoms with Crippen LogP contribution < -0.4 is 9.80 Å². The Morgan fingerprint density at radius 3 is 0.925 bits per heavy atom. The molecule has 2 aromatic carbocycles. The molecule has 2 unspecified atom stereocenters. The minimum atomic E-state index is 0.536. The predicted molar refractivity (Wildman–Crippen MR) is 241 cm³/mol. The molecule has 0 aliphatic carbocycles. The van der Waals surface area contributed by atoms with E-state index in [1.165, 1.54) is 233 Å². The molecule has 53 heavy (non-hydrogen) atoms. The molecule has 0 N–H and O–H groups in total. The SMILES string of the molecule is CCCCCCCCCCCCCCCCCN1c2ccccc2SC1CC1Sc2ccccc2N1CCCCCCCCCCCCCCCCC. The maximum absolute atomic E-state index is 2.79. The van der Waals surface area contributed by atoms with E-state index in [9.17, 15) is 0 Å². The van der Waals surface area contributed by atoms with Gasteiger partial charge in [0.15, 0.2) is 0 Å². The summed E-state index contributed by atoms with van der Waals surface area (Å²) in [6, 6.07) is 18.5. The van der Waals surface area contributed by atoms with Crippen LogP contribution >= 0.6 is 23.5 Å². The highest BCUT2D eigenvalue weighted by Gasteiger charge is 2.37. The zero-order chi connectivity index (χ0) is 37.0. The van der Waals surface area contributed by atoms with Crippen molar-refractivity contribution >= 4 is 34.9 Å². The summed E-state index contributed by atoms with van der Waals surface area (Å²) in [5.74, 6) is 0. The van der Waals surface area contributed by atoms with Gasteiger partial charge in [-0.15, -0.1) is 0 Å². The number of thioether (sulfide) groups is 2. The highest BCUT2D eigenvalue weighted by atomic mass is 32.2. The van der Waals surface area contributed by atoms with Crippen LogP contribution in [0.15, 0.2) is 58.3 Å². The smallest absolute Gasteiger partial charge is 0.0826 e. The molecule has 0 saturated carbocycles. The third-order valence-electron chi connectivity index (χ3n) is 12.0. The maximum atomic E-state index is 2.79. The zero-order valence-electron chi connectivity index (χ0n) is 34.8. The van der Waals surface area contributed by atoms with Crippen molar-refractivity contribution < 1.29 is 0 Å². The topological polar surface area (TPSA) is 6.48 Å². The molecule has 2 aromatic rings. The summed E-state index contributed by atoms with van der Waals surface area (Å²) in [6.45, 7) is 7.03. The lowest BCUT2D eigenvalue weighted by atomic mass is 10.0. The van der Waals surface area contributed by atoms with E-state index in [1.807, 2.05) is 0 Å². The summed E-state index contributed by atoms with van der Waals surface area (Å²) < 4.78 is 0. The van der Waals surface area contributed by atoms with Crippen molar-refractivity contribution in [3.05, 3.63) is 48.5 Å². The van der Waals surface area contributed by atoms with E-state index in [-0.39, 0.29) is 0 Å². The van der Waals surface area contributed by atoms with Gasteiger partial charge in [0.2, 0.25) is 0 Å². The van der Waals surface area contributed by atoms with Gasteiger partial charge in [0.05, 0.1) is 22.1 Å². The summed E-state index contributed by atoms with van der Waals surface area (Å²) in [6.07, 6.45) is 44.1. The molecule has 0 bridgehead atoms. The summed E-state index contributed by atoms with van der Waals surface area (Å²) >= 11 is 4.27. The van der Waals surface area contributed by atoms with Crippen LogP contribution in [0.4, 0.5) is 11.4 Å². The Morgan fingerprint density at radius 2 is 0.623 bits per heavy atom. The molecular formula is C49H82N2S2. The average molecular weight is 763 g/mol. The van der Waals surface area contributed by atoms with Gasteiger partial charge < -0.3 is 9.80 Å². The van der Waals surface area contributed by atoms with Crippen LogP contribution in [-0.2, 0) is 0 Å². The van der Waals surface area contributed by atoms with Crippen molar-refractivity contribution in [2.75, 3.05) is 22.9 Å². The first kappa shape index (κ1) is 44.5. The first-order chi connectivity index (χ1) is 26.3. The molecule has 2 aliphatic heterocycles. The Kier molecular flexibility index (Phi) is 24.4. The van der Waals surface area contributed by atoms with Gasteiger partial charge in [-0.25, -0.2) is 0 Å². The number of benzene rings is 2. The van der Waals surface area contributed by atoms with Crippen molar-refractivity contribution in [2.45, 2.75) is 233 Å². The molecule has 0 radical (unpaired) electrons. The maximum Gasteiger partial charge on any atom is 0.0826 e.